The molecule has 0 unspecified atom stereocenters. The largest absolute Gasteiger partial charge is 0.359 e. The molecular weight excluding hydrogens is 319 g/mol. The van der Waals surface area contributed by atoms with Crippen LogP contribution in [-0.2, 0) is 6.54 Å². The van der Waals surface area contributed by atoms with E-state index in [2.05, 4.69) is 55.7 Å². The SMILES string of the molecule is CC[C@@H](C)c1ccc([C@H](C)NC(=S)NCc2ccc(F)cc2)cc1. The van der Waals surface area contributed by atoms with Gasteiger partial charge in [-0.1, -0.05) is 50.2 Å². The summed E-state index contributed by atoms with van der Waals surface area (Å²) in [7, 11) is 0. The molecule has 128 valence electrons. The van der Waals surface area contributed by atoms with Crippen LogP contribution in [0, 0.1) is 5.82 Å². The van der Waals surface area contributed by atoms with Gasteiger partial charge in [0.05, 0.1) is 6.04 Å². The second-order valence-electron chi connectivity index (χ2n) is 6.15. The van der Waals surface area contributed by atoms with Crippen molar-refractivity contribution in [1.29, 1.82) is 0 Å². The van der Waals surface area contributed by atoms with E-state index >= 15 is 0 Å². The van der Waals surface area contributed by atoms with Crippen LogP contribution in [-0.4, -0.2) is 5.11 Å². The molecular formula is C20H25FN2S. The molecule has 2 rings (SSSR count). The van der Waals surface area contributed by atoms with Gasteiger partial charge in [-0.05, 0) is 60.3 Å². The molecule has 0 fully saturated rings. The zero-order chi connectivity index (χ0) is 17.5. The van der Waals surface area contributed by atoms with Crippen LogP contribution in [0.3, 0.4) is 0 Å². The maximum atomic E-state index is 12.9. The highest BCUT2D eigenvalue weighted by Gasteiger charge is 2.08. The highest BCUT2D eigenvalue weighted by molar-refractivity contribution is 7.80. The van der Waals surface area contributed by atoms with Gasteiger partial charge in [-0.3, -0.25) is 0 Å². The highest BCUT2D eigenvalue weighted by Crippen LogP contribution is 2.21. The maximum absolute atomic E-state index is 12.9. The summed E-state index contributed by atoms with van der Waals surface area (Å²) in [6, 6.07) is 15.2. The van der Waals surface area contributed by atoms with Crippen LogP contribution >= 0.6 is 12.2 Å². The summed E-state index contributed by atoms with van der Waals surface area (Å²) in [6.07, 6.45) is 1.14. The minimum Gasteiger partial charge on any atom is -0.359 e. The molecule has 2 N–H and O–H groups in total. The number of hydrogen-bond acceptors (Lipinski definition) is 1. The van der Waals surface area contributed by atoms with Crippen LogP contribution in [0.15, 0.2) is 48.5 Å². The lowest BCUT2D eigenvalue weighted by Gasteiger charge is -2.18. The standard InChI is InChI=1S/C20H25FN2S/c1-4-14(2)17-7-9-18(10-8-17)15(3)23-20(24)22-13-16-5-11-19(21)12-6-16/h5-12,14-15H,4,13H2,1-3H3,(H2,22,23,24)/t14-,15+/m1/s1. The van der Waals surface area contributed by atoms with E-state index in [1.54, 1.807) is 12.1 Å². The lowest BCUT2D eigenvalue weighted by Crippen LogP contribution is -2.36. The molecule has 0 aliphatic rings. The molecule has 24 heavy (non-hydrogen) atoms. The minimum atomic E-state index is -0.228. The Labute approximate surface area is 149 Å². The van der Waals surface area contributed by atoms with E-state index in [0.717, 1.165) is 12.0 Å². The third-order valence-electron chi connectivity index (χ3n) is 4.33. The van der Waals surface area contributed by atoms with Gasteiger partial charge in [-0.2, -0.15) is 0 Å². The van der Waals surface area contributed by atoms with Crippen molar-refractivity contribution in [1.82, 2.24) is 10.6 Å². The van der Waals surface area contributed by atoms with Gasteiger partial charge in [0.1, 0.15) is 5.82 Å². The number of halogens is 1. The fraction of sp³-hybridized carbons (Fsp3) is 0.350. The molecule has 0 amide bonds. The molecule has 4 heteroatoms. The molecule has 0 heterocycles. The molecule has 0 radical (unpaired) electrons. The molecule has 0 saturated heterocycles. The zero-order valence-corrected chi connectivity index (χ0v) is 15.3. The predicted octanol–water partition coefficient (Wildman–Crippen LogP) is 5.06. The molecule has 2 aromatic rings. The fourth-order valence-corrected chi connectivity index (χ4v) is 2.71. The van der Waals surface area contributed by atoms with Crippen LogP contribution in [0.2, 0.25) is 0 Å². The molecule has 2 aromatic carbocycles. The monoisotopic (exact) mass is 344 g/mol. The van der Waals surface area contributed by atoms with E-state index < -0.39 is 0 Å². The van der Waals surface area contributed by atoms with Crippen LogP contribution < -0.4 is 10.6 Å². The van der Waals surface area contributed by atoms with Gasteiger partial charge < -0.3 is 10.6 Å². The quantitative estimate of drug-likeness (QED) is 0.716. The third-order valence-corrected chi connectivity index (χ3v) is 4.59. The Balaban J connectivity index is 1.85. The topological polar surface area (TPSA) is 24.1 Å². The average Bonchev–Trinajstić information content (AvgIpc) is 2.60. The van der Waals surface area contributed by atoms with E-state index in [1.807, 2.05) is 0 Å². The molecule has 0 aromatic heterocycles. The van der Waals surface area contributed by atoms with Crippen molar-refractivity contribution in [3.05, 3.63) is 71.0 Å². The Morgan fingerprint density at radius 2 is 1.58 bits per heavy atom. The van der Waals surface area contributed by atoms with Crippen molar-refractivity contribution >= 4 is 17.3 Å². The molecule has 0 aliphatic heterocycles. The maximum Gasteiger partial charge on any atom is 0.167 e. The van der Waals surface area contributed by atoms with E-state index in [-0.39, 0.29) is 11.9 Å². The Kier molecular flexibility index (Phi) is 6.73. The first-order valence-corrected chi connectivity index (χ1v) is 8.79. The highest BCUT2D eigenvalue weighted by atomic mass is 32.1. The first-order valence-electron chi connectivity index (χ1n) is 8.38. The molecule has 0 saturated carbocycles. The predicted molar refractivity (Wildman–Crippen MR) is 103 cm³/mol. The lowest BCUT2D eigenvalue weighted by atomic mass is 9.96. The second kappa shape index (κ2) is 8.78. The molecule has 0 aliphatic carbocycles. The Hall–Kier alpha value is -1.94. The fourth-order valence-electron chi connectivity index (χ4n) is 2.46. The van der Waals surface area contributed by atoms with Crippen LogP contribution in [0.4, 0.5) is 4.39 Å². The molecule has 0 bridgehead atoms. The van der Waals surface area contributed by atoms with Gasteiger partial charge in [-0.25, -0.2) is 4.39 Å². The first kappa shape index (κ1) is 18.4. The van der Waals surface area contributed by atoms with Crippen molar-refractivity contribution in [2.75, 3.05) is 0 Å². The van der Waals surface area contributed by atoms with Gasteiger partial charge >= 0.3 is 0 Å². The number of thiocarbonyl (C=S) groups is 1. The Bertz CT molecular complexity index is 652. The molecule has 2 atom stereocenters. The average molecular weight is 344 g/mol. The van der Waals surface area contributed by atoms with Crippen molar-refractivity contribution in [2.45, 2.75) is 45.7 Å². The van der Waals surface area contributed by atoms with Crippen LogP contribution in [0.1, 0.15) is 55.8 Å². The normalized spacial score (nSPS) is 13.2. The number of hydrogen-bond donors (Lipinski definition) is 2. The summed E-state index contributed by atoms with van der Waals surface area (Å²) in [5, 5.41) is 7.04. The van der Waals surface area contributed by atoms with Gasteiger partial charge in [0.15, 0.2) is 5.11 Å². The second-order valence-corrected chi connectivity index (χ2v) is 6.56. The number of rotatable bonds is 6. The van der Waals surface area contributed by atoms with Crippen LogP contribution in [0.5, 0.6) is 0 Å². The summed E-state index contributed by atoms with van der Waals surface area (Å²) >= 11 is 5.34. The zero-order valence-electron chi connectivity index (χ0n) is 14.5. The van der Waals surface area contributed by atoms with E-state index in [4.69, 9.17) is 12.2 Å². The smallest absolute Gasteiger partial charge is 0.167 e. The Morgan fingerprint density at radius 1 is 1.00 bits per heavy atom. The third kappa shape index (κ3) is 5.31. The van der Waals surface area contributed by atoms with Crippen LogP contribution in [0.25, 0.3) is 0 Å². The van der Waals surface area contributed by atoms with Gasteiger partial charge in [-0.15, -0.1) is 0 Å². The van der Waals surface area contributed by atoms with Gasteiger partial charge in [0.2, 0.25) is 0 Å². The van der Waals surface area contributed by atoms with Crippen molar-refractivity contribution in [3.8, 4) is 0 Å². The molecule has 2 nitrogen and oxygen atoms in total. The van der Waals surface area contributed by atoms with E-state index in [1.165, 1.54) is 23.3 Å². The van der Waals surface area contributed by atoms with Crippen molar-refractivity contribution < 1.29 is 4.39 Å². The summed E-state index contributed by atoms with van der Waals surface area (Å²) in [5.74, 6) is 0.356. The lowest BCUT2D eigenvalue weighted by molar-refractivity contribution is 0.626. The number of benzene rings is 2. The van der Waals surface area contributed by atoms with Gasteiger partial charge in [0, 0.05) is 6.54 Å². The first-order chi connectivity index (χ1) is 11.5. The number of nitrogens with one attached hydrogen (secondary N) is 2. The van der Waals surface area contributed by atoms with Gasteiger partial charge in [0.25, 0.3) is 0 Å². The minimum absolute atomic E-state index is 0.129. The summed E-state index contributed by atoms with van der Waals surface area (Å²) in [6.45, 7) is 7.11. The Morgan fingerprint density at radius 3 is 2.17 bits per heavy atom. The summed E-state index contributed by atoms with van der Waals surface area (Å²) in [5.41, 5.74) is 3.56. The van der Waals surface area contributed by atoms with E-state index in [9.17, 15) is 4.39 Å². The summed E-state index contributed by atoms with van der Waals surface area (Å²) in [4.78, 5) is 0. The van der Waals surface area contributed by atoms with E-state index in [0.29, 0.717) is 17.6 Å². The summed E-state index contributed by atoms with van der Waals surface area (Å²) < 4.78 is 12.9. The van der Waals surface area contributed by atoms with Crippen molar-refractivity contribution in [2.24, 2.45) is 0 Å². The molecule has 0 spiro atoms. The van der Waals surface area contributed by atoms with Crippen molar-refractivity contribution in [3.63, 3.8) is 0 Å².